The van der Waals surface area contributed by atoms with Crippen LogP contribution in [0.15, 0.2) is 36.7 Å². The molecular weight excluding hydrogens is 300 g/mol. The summed E-state index contributed by atoms with van der Waals surface area (Å²) in [5.74, 6) is -1.61. The molecule has 0 radical (unpaired) electrons. The molecule has 0 aliphatic rings. The molecule has 1 N–H and O–H groups in total. The molecule has 0 unspecified atom stereocenters. The first-order valence-electron chi connectivity index (χ1n) is 5.72. The third kappa shape index (κ3) is 3.26. The Kier molecular flexibility index (Phi) is 4.34. The van der Waals surface area contributed by atoms with E-state index < -0.39 is 16.6 Å². The van der Waals surface area contributed by atoms with Gasteiger partial charge in [0.25, 0.3) is 0 Å². The van der Waals surface area contributed by atoms with Gasteiger partial charge in [0.15, 0.2) is 0 Å². The smallest absolute Gasteiger partial charge is 0.339 e. The monoisotopic (exact) mass is 308 g/mol. The molecule has 0 amide bonds. The minimum absolute atomic E-state index is 0.105. The molecule has 2 aromatic rings. The molecule has 0 fully saturated rings. The van der Waals surface area contributed by atoms with Crippen LogP contribution in [-0.2, 0) is 6.61 Å². The van der Waals surface area contributed by atoms with Crippen molar-refractivity contribution in [2.24, 2.45) is 0 Å². The summed E-state index contributed by atoms with van der Waals surface area (Å²) in [5, 5.41) is 20.4. The number of nitrogens with zero attached hydrogens (tertiary/aromatic N) is 2. The summed E-state index contributed by atoms with van der Waals surface area (Å²) in [4.78, 5) is 25.2. The highest BCUT2D eigenvalue weighted by Crippen LogP contribution is 2.32. The SMILES string of the molecule is O=C(O)c1cccc([N+](=O)[O-])c1OCc1ccncc1Cl. The molecule has 7 nitrogen and oxygen atoms in total. The molecule has 1 heterocycles. The number of hydrogen-bond donors (Lipinski definition) is 1. The average Bonchev–Trinajstić information content (AvgIpc) is 2.45. The van der Waals surface area contributed by atoms with Gasteiger partial charge in [0.2, 0.25) is 5.75 Å². The number of carbonyl (C=O) groups is 1. The minimum atomic E-state index is -1.31. The lowest BCUT2D eigenvalue weighted by molar-refractivity contribution is -0.386. The highest BCUT2D eigenvalue weighted by atomic mass is 35.5. The van der Waals surface area contributed by atoms with Gasteiger partial charge in [-0.15, -0.1) is 0 Å². The molecule has 1 aromatic carbocycles. The number of benzene rings is 1. The first-order valence-corrected chi connectivity index (χ1v) is 6.10. The number of rotatable bonds is 5. The number of aromatic carboxylic acids is 1. The van der Waals surface area contributed by atoms with Crippen LogP contribution in [0.3, 0.4) is 0 Å². The van der Waals surface area contributed by atoms with Crippen LogP contribution in [0, 0.1) is 10.1 Å². The van der Waals surface area contributed by atoms with Gasteiger partial charge in [0, 0.05) is 24.0 Å². The van der Waals surface area contributed by atoms with E-state index in [1.165, 1.54) is 30.6 Å². The Balaban J connectivity index is 2.36. The van der Waals surface area contributed by atoms with Crippen molar-refractivity contribution in [3.8, 4) is 5.75 Å². The molecule has 0 aliphatic carbocycles. The van der Waals surface area contributed by atoms with Crippen molar-refractivity contribution >= 4 is 23.3 Å². The summed E-state index contributed by atoms with van der Waals surface area (Å²) in [5.41, 5.74) is -0.157. The maximum Gasteiger partial charge on any atom is 0.339 e. The van der Waals surface area contributed by atoms with E-state index in [1.807, 2.05) is 0 Å². The van der Waals surface area contributed by atoms with E-state index >= 15 is 0 Å². The average molecular weight is 309 g/mol. The summed E-state index contributed by atoms with van der Waals surface area (Å²) < 4.78 is 5.32. The fourth-order valence-electron chi connectivity index (χ4n) is 1.66. The second-order valence-electron chi connectivity index (χ2n) is 3.97. The largest absolute Gasteiger partial charge is 0.481 e. The quantitative estimate of drug-likeness (QED) is 0.673. The zero-order valence-corrected chi connectivity index (χ0v) is 11.3. The van der Waals surface area contributed by atoms with E-state index in [2.05, 4.69) is 4.98 Å². The van der Waals surface area contributed by atoms with E-state index in [0.717, 1.165) is 0 Å². The van der Waals surface area contributed by atoms with Crippen molar-refractivity contribution in [3.63, 3.8) is 0 Å². The molecule has 0 atom stereocenters. The Bertz CT molecular complexity index is 672. The Morgan fingerprint density at radius 2 is 2.19 bits per heavy atom. The van der Waals surface area contributed by atoms with Gasteiger partial charge < -0.3 is 9.84 Å². The topological polar surface area (TPSA) is 103 Å². The molecule has 1 aromatic heterocycles. The van der Waals surface area contributed by atoms with Crippen LogP contribution in [0.4, 0.5) is 5.69 Å². The fourth-order valence-corrected chi connectivity index (χ4v) is 1.83. The second-order valence-corrected chi connectivity index (χ2v) is 4.38. The molecule has 8 heteroatoms. The van der Waals surface area contributed by atoms with Crippen molar-refractivity contribution in [2.45, 2.75) is 6.61 Å². The van der Waals surface area contributed by atoms with Crippen LogP contribution in [0.1, 0.15) is 15.9 Å². The summed E-state index contributed by atoms with van der Waals surface area (Å²) in [6.07, 6.45) is 2.89. The number of nitro benzene ring substituents is 1. The lowest BCUT2D eigenvalue weighted by Crippen LogP contribution is -2.06. The van der Waals surface area contributed by atoms with Crippen LogP contribution in [0.2, 0.25) is 5.02 Å². The Morgan fingerprint density at radius 1 is 1.43 bits per heavy atom. The van der Waals surface area contributed by atoms with Gasteiger partial charge in [-0.25, -0.2) is 4.79 Å². The van der Waals surface area contributed by atoms with Gasteiger partial charge in [0.1, 0.15) is 12.2 Å². The molecule has 0 saturated heterocycles. The highest BCUT2D eigenvalue weighted by molar-refractivity contribution is 6.31. The summed E-state index contributed by atoms with van der Waals surface area (Å²) in [7, 11) is 0. The van der Waals surface area contributed by atoms with Crippen LogP contribution >= 0.6 is 11.6 Å². The molecule has 0 bridgehead atoms. The number of ether oxygens (including phenoxy) is 1. The molecule has 21 heavy (non-hydrogen) atoms. The summed E-state index contributed by atoms with van der Waals surface area (Å²) in [6.45, 7) is -0.105. The number of pyridine rings is 1. The van der Waals surface area contributed by atoms with Gasteiger partial charge in [0.05, 0.1) is 9.95 Å². The van der Waals surface area contributed by atoms with E-state index in [1.54, 1.807) is 6.07 Å². The summed E-state index contributed by atoms with van der Waals surface area (Å²) in [6, 6.07) is 5.28. The summed E-state index contributed by atoms with van der Waals surface area (Å²) >= 11 is 5.90. The maximum atomic E-state index is 11.1. The number of carboxylic acid groups (broad SMARTS) is 1. The number of halogens is 1. The van der Waals surface area contributed by atoms with Gasteiger partial charge in [-0.3, -0.25) is 15.1 Å². The Hall–Kier alpha value is -2.67. The zero-order valence-electron chi connectivity index (χ0n) is 10.5. The van der Waals surface area contributed by atoms with Gasteiger partial charge in [-0.05, 0) is 12.1 Å². The first-order chi connectivity index (χ1) is 10.0. The minimum Gasteiger partial charge on any atom is -0.481 e. The number of para-hydroxylation sites is 1. The van der Waals surface area contributed by atoms with E-state index in [9.17, 15) is 14.9 Å². The highest BCUT2D eigenvalue weighted by Gasteiger charge is 2.23. The molecule has 0 saturated carbocycles. The van der Waals surface area contributed by atoms with E-state index in [0.29, 0.717) is 10.6 Å². The third-order valence-electron chi connectivity index (χ3n) is 2.65. The predicted octanol–water partition coefficient (Wildman–Crippen LogP) is 2.92. The lowest BCUT2D eigenvalue weighted by atomic mass is 10.1. The van der Waals surface area contributed by atoms with E-state index in [4.69, 9.17) is 21.4 Å². The lowest BCUT2D eigenvalue weighted by Gasteiger charge is -2.10. The first kappa shape index (κ1) is 14.7. The van der Waals surface area contributed by atoms with Crippen molar-refractivity contribution in [3.05, 3.63) is 62.9 Å². The number of aromatic nitrogens is 1. The molecular formula is C13H9ClN2O5. The van der Waals surface area contributed by atoms with Crippen LogP contribution in [0.5, 0.6) is 5.75 Å². The van der Waals surface area contributed by atoms with Crippen molar-refractivity contribution < 1.29 is 19.6 Å². The number of hydrogen-bond acceptors (Lipinski definition) is 5. The van der Waals surface area contributed by atoms with Gasteiger partial charge in [-0.2, -0.15) is 0 Å². The van der Waals surface area contributed by atoms with Crippen LogP contribution in [-0.4, -0.2) is 21.0 Å². The number of nitro groups is 1. The second kappa shape index (κ2) is 6.19. The Morgan fingerprint density at radius 3 is 2.81 bits per heavy atom. The standard InChI is InChI=1S/C13H9ClN2O5/c14-10-6-15-5-4-8(10)7-21-12-9(13(17)18)2-1-3-11(12)16(19)20/h1-6H,7H2,(H,17,18). The van der Waals surface area contributed by atoms with Gasteiger partial charge >= 0.3 is 11.7 Å². The molecule has 0 aliphatic heterocycles. The predicted molar refractivity (Wildman–Crippen MR) is 73.6 cm³/mol. The molecule has 2 rings (SSSR count). The van der Waals surface area contributed by atoms with Crippen LogP contribution < -0.4 is 4.74 Å². The fraction of sp³-hybridized carbons (Fsp3) is 0.0769. The molecule has 108 valence electrons. The third-order valence-corrected chi connectivity index (χ3v) is 2.99. The van der Waals surface area contributed by atoms with Crippen molar-refractivity contribution in [1.29, 1.82) is 0 Å². The van der Waals surface area contributed by atoms with Crippen LogP contribution in [0.25, 0.3) is 0 Å². The Labute approximate surface area is 123 Å². The zero-order chi connectivity index (χ0) is 15.4. The van der Waals surface area contributed by atoms with E-state index in [-0.39, 0.29) is 17.9 Å². The maximum absolute atomic E-state index is 11.1. The van der Waals surface area contributed by atoms with Crippen molar-refractivity contribution in [1.82, 2.24) is 4.98 Å². The molecule has 0 spiro atoms. The normalized spacial score (nSPS) is 10.1. The van der Waals surface area contributed by atoms with Crippen molar-refractivity contribution in [2.75, 3.05) is 0 Å². The number of carboxylic acids is 1. The van der Waals surface area contributed by atoms with Gasteiger partial charge in [-0.1, -0.05) is 17.7 Å².